The summed E-state index contributed by atoms with van der Waals surface area (Å²) in [5, 5.41) is 11.7. The number of carbonyl (C=O) groups excluding carboxylic acids is 1. The van der Waals surface area contributed by atoms with Gasteiger partial charge in [-0.15, -0.1) is 0 Å². The molecule has 1 saturated heterocycles. The van der Waals surface area contributed by atoms with E-state index in [-0.39, 0.29) is 18.4 Å². The fourth-order valence-electron chi connectivity index (χ4n) is 2.26. The second-order valence-corrected chi connectivity index (χ2v) is 4.84. The third-order valence-electron chi connectivity index (χ3n) is 3.39. The number of unbranched alkanes of at least 4 members (excludes halogenated alkanes) is 1. The molecule has 0 aliphatic carbocycles. The van der Waals surface area contributed by atoms with Gasteiger partial charge in [0.2, 0.25) is 5.91 Å². The number of hydrogen-bond acceptors (Lipinski definition) is 3. The Bertz CT molecular complexity index is 213. The van der Waals surface area contributed by atoms with Gasteiger partial charge in [-0.05, 0) is 51.7 Å². The van der Waals surface area contributed by atoms with E-state index in [2.05, 4.69) is 17.1 Å². The van der Waals surface area contributed by atoms with Crippen LogP contribution < -0.4 is 5.32 Å². The number of hydrogen-bond donors (Lipinski definition) is 2. The molecule has 0 aromatic rings. The van der Waals surface area contributed by atoms with Crippen LogP contribution >= 0.6 is 0 Å². The summed E-state index contributed by atoms with van der Waals surface area (Å²) in [6.45, 7) is 6.27. The van der Waals surface area contributed by atoms with Crippen LogP contribution in [0.4, 0.5) is 0 Å². The number of piperidine rings is 1. The van der Waals surface area contributed by atoms with Crippen LogP contribution in [-0.4, -0.2) is 48.7 Å². The molecule has 1 aliphatic rings. The molecule has 1 amide bonds. The Morgan fingerprint density at radius 3 is 2.65 bits per heavy atom. The van der Waals surface area contributed by atoms with Gasteiger partial charge in [0.1, 0.15) is 0 Å². The number of nitrogens with one attached hydrogen (secondary N) is 1. The molecular formula is C13H26N2O2. The SMILES string of the molecule is CCCNC(=O)C1CCN(CCCCO)CC1. The van der Waals surface area contributed by atoms with Gasteiger partial charge in [0, 0.05) is 19.1 Å². The summed E-state index contributed by atoms with van der Waals surface area (Å²) >= 11 is 0. The molecule has 17 heavy (non-hydrogen) atoms. The molecule has 1 rings (SSSR count). The molecule has 0 aromatic carbocycles. The summed E-state index contributed by atoms with van der Waals surface area (Å²) in [7, 11) is 0. The molecule has 0 saturated carbocycles. The van der Waals surface area contributed by atoms with E-state index in [0.717, 1.165) is 58.3 Å². The monoisotopic (exact) mass is 242 g/mol. The van der Waals surface area contributed by atoms with Crippen molar-refractivity contribution in [3.63, 3.8) is 0 Å². The third-order valence-corrected chi connectivity index (χ3v) is 3.39. The minimum atomic E-state index is 0.218. The van der Waals surface area contributed by atoms with E-state index in [1.54, 1.807) is 0 Å². The Morgan fingerprint density at radius 1 is 1.35 bits per heavy atom. The summed E-state index contributed by atoms with van der Waals surface area (Å²) in [5.41, 5.74) is 0. The number of aliphatic hydroxyl groups excluding tert-OH is 1. The van der Waals surface area contributed by atoms with E-state index >= 15 is 0 Å². The highest BCUT2D eigenvalue weighted by atomic mass is 16.2. The van der Waals surface area contributed by atoms with Gasteiger partial charge in [-0.3, -0.25) is 4.79 Å². The number of aliphatic hydroxyl groups is 1. The molecule has 2 N–H and O–H groups in total. The lowest BCUT2D eigenvalue weighted by Crippen LogP contribution is -2.41. The molecule has 1 aliphatic heterocycles. The second kappa shape index (κ2) is 8.48. The van der Waals surface area contributed by atoms with Crippen molar-refractivity contribution < 1.29 is 9.90 Å². The number of amides is 1. The van der Waals surface area contributed by atoms with E-state index in [1.807, 2.05) is 0 Å². The van der Waals surface area contributed by atoms with Crippen molar-refractivity contribution >= 4 is 5.91 Å². The first-order valence-corrected chi connectivity index (χ1v) is 6.88. The maximum absolute atomic E-state index is 11.8. The zero-order valence-electron chi connectivity index (χ0n) is 11.0. The first-order chi connectivity index (χ1) is 8.27. The van der Waals surface area contributed by atoms with Crippen molar-refractivity contribution in [3.05, 3.63) is 0 Å². The van der Waals surface area contributed by atoms with Gasteiger partial charge in [-0.1, -0.05) is 6.92 Å². The number of rotatable bonds is 7. The van der Waals surface area contributed by atoms with Crippen LogP contribution in [0.1, 0.15) is 39.0 Å². The maximum Gasteiger partial charge on any atom is 0.223 e. The molecule has 1 fully saturated rings. The zero-order chi connectivity index (χ0) is 12.5. The van der Waals surface area contributed by atoms with Crippen LogP contribution in [-0.2, 0) is 4.79 Å². The summed E-state index contributed by atoms with van der Waals surface area (Å²) in [4.78, 5) is 14.2. The molecule has 100 valence electrons. The Hall–Kier alpha value is -0.610. The topological polar surface area (TPSA) is 52.6 Å². The lowest BCUT2D eigenvalue weighted by Gasteiger charge is -2.31. The predicted octanol–water partition coefficient (Wildman–Crippen LogP) is 0.997. The summed E-state index contributed by atoms with van der Waals surface area (Å²) in [6.07, 6.45) is 4.91. The van der Waals surface area contributed by atoms with Gasteiger partial charge in [-0.25, -0.2) is 0 Å². The molecule has 4 heteroatoms. The van der Waals surface area contributed by atoms with E-state index in [1.165, 1.54) is 0 Å². The highest BCUT2D eigenvalue weighted by Crippen LogP contribution is 2.17. The van der Waals surface area contributed by atoms with Gasteiger partial charge in [0.05, 0.1) is 0 Å². The van der Waals surface area contributed by atoms with E-state index in [9.17, 15) is 4.79 Å². The second-order valence-electron chi connectivity index (χ2n) is 4.84. The first-order valence-electron chi connectivity index (χ1n) is 6.88. The van der Waals surface area contributed by atoms with Gasteiger partial charge < -0.3 is 15.3 Å². The fourth-order valence-corrected chi connectivity index (χ4v) is 2.26. The van der Waals surface area contributed by atoms with Crippen molar-refractivity contribution in [1.82, 2.24) is 10.2 Å². The molecule has 1 heterocycles. The molecule has 0 atom stereocenters. The Balaban J connectivity index is 2.14. The van der Waals surface area contributed by atoms with Gasteiger partial charge >= 0.3 is 0 Å². The largest absolute Gasteiger partial charge is 0.396 e. The Kier molecular flexibility index (Phi) is 7.21. The fraction of sp³-hybridized carbons (Fsp3) is 0.923. The summed E-state index contributed by atoms with van der Waals surface area (Å²) < 4.78 is 0. The smallest absolute Gasteiger partial charge is 0.223 e. The van der Waals surface area contributed by atoms with E-state index < -0.39 is 0 Å². The van der Waals surface area contributed by atoms with Crippen LogP contribution in [0.5, 0.6) is 0 Å². The molecule has 0 bridgehead atoms. The summed E-state index contributed by atoms with van der Waals surface area (Å²) in [6, 6.07) is 0. The average molecular weight is 242 g/mol. The Labute approximate surface area is 104 Å². The Morgan fingerprint density at radius 2 is 2.06 bits per heavy atom. The van der Waals surface area contributed by atoms with E-state index in [0.29, 0.717) is 0 Å². The normalized spacial score (nSPS) is 18.2. The third kappa shape index (κ3) is 5.50. The van der Waals surface area contributed by atoms with Crippen molar-refractivity contribution in [3.8, 4) is 0 Å². The number of nitrogens with zero attached hydrogens (tertiary/aromatic N) is 1. The number of likely N-dealkylation sites (tertiary alicyclic amines) is 1. The van der Waals surface area contributed by atoms with Crippen LogP contribution in [0.15, 0.2) is 0 Å². The van der Waals surface area contributed by atoms with Crippen LogP contribution in [0.3, 0.4) is 0 Å². The van der Waals surface area contributed by atoms with Crippen molar-refractivity contribution in [1.29, 1.82) is 0 Å². The molecule has 0 spiro atoms. The van der Waals surface area contributed by atoms with Gasteiger partial charge in [-0.2, -0.15) is 0 Å². The lowest BCUT2D eigenvalue weighted by molar-refractivity contribution is -0.126. The molecule has 0 aromatic heterocycles. The summed E-state index contributed by atoms with van der Waals surface area (Å²) in [5.74, 6) is 0.456. The predicted molar refractivity (Wildman–Crippen MR) is 68.8 cm³/mol. The van der Waals surface area contributed by atoms with Crippen LogP contribution in [0.25, 0.3) is 0 Å². The zero-order valence-corrected chi connectivity index (χ0v) is 11.0. The van der Waals surface area contributed by atoms with E-state index in [4.69, 9.17) is 5.11 Å². The van der Waals surface area contributed by atoms with Gasteiger partial charge in [0.15, 0.2) is 0 Å². The van der Waals surface area contributed by atoms with Gasteiger partial charge in [0.25, 0.3) is 0 Å². The highest BCUT2D eigenvalue weighted by Gasteiger charge is 2.23. The first kappa shape index (κ1) is 14.5. The minimum Gasteiger partial charge on any atom is -0.396 e. The molecule has 4 nitrogen and oxygen atoms in total. The lowest BCUT2D eigenvalue weighted by atomic mass is 9.95. The van der Waals surface area contributed by atoms with Crippen LogP contribution in [0, 0.1) is 5.92 Å². The number of carbonyl (C=O) groups is 1. The quantitative estimate of drug-likeness (QED) is 0.655. The van der Waals surface area contributed by atoms with Crippen LogP contribution in [0.2, 0.25) is 0 Å². The molecule has 0 unspecified atom stereocenters. The molecule has 0 radical (unpaired) electrons. The van der Waals surface area contributed by atoms with Crippen molar-refractivity contribution in [2.45, 2.75) is 39.0 Å². The average Bonchev–Trinajstić information content (AvgIpc) is 2.37. The minimum absolute atomic E-state index is 0.218. The standard InChI is InChI=1S/C13H26N2O2/c1-2-7-14-13(17)12-5-9-15(10-6-12)8-3-4-11-16/h12,16H,2-11H2,1H3,(H,14,17). The highest BCUT2D eigenvalue weighted by molar-refractivity contribution is 5.78. The maximum atomic E-state index is 11.8. The van der Waals surface area contributed by atoms with Crippen molar-refractivity contribution in [2.75, 3.05) is 32.8 Å². The molecular weight excluding hydrogens is 216 g/mol. The van der Waals surface area contributed by atoms with Crippen molar-refractivity contribution in [2.24, 2.45) is 5.92 Å².